The van der Waals surface area contributed by atoms with Crippen LogP contribution in [0.3, 0.4) is 0 Å². The summed E-state index contributed by atoms with van der Waals surface area (Å²) in [7, 11) is 0. The van der Waals surface area contributed by atoms with Crippen molar-refractivity contribution in [3.05, 3.63) is 40.4 Å². The summed E-state index contributed by atoms with van der Waals surface area (Å²) in [5.74, 6) is -2.36. The van der Waals surface area contributed by atoms with Crippen LogP contribution in [-0.2, 0) is 0 Å². The summed E-state index contributed by atoms with van der Waals surface area (Å²) in [5.41, 5.74) is 1.69. The first kappa shape index (κ1) is 21.1. The number of benzene rings is 1. The Morgan fingerprint density at radius 1 is 1.25 bits per heavy atom. The molecule has 2 fully saturated rings. The smallest absolute Gasteiger partial charge is 0.257 e. The number of aryl methyl sites for hydroxylation is 1. The Labute approximate surface area is 172 Å². The average Bonchev–Trinajstić information content (AvgIpc) is 3.29. The summed E-state index contributed by atoms with van der Waals surface area (Å²) in [6, 6.07) is 8.07. The summed E-state index contributed by atoms with van der Waals surface area (Å²) in [6.45, 7) is 1.83. The monoisotopic (exact) mass is 428 g/mol. The fourth-order valence-electron chi connectivity index (χ4n) is 3.68. The van der Waals surface area contributed by atoms with E-state index >= 15 is 0 Å². The molecule has 28 heavy (non-hydrogen) atoms. The molecule has 4 rings (SSSR count). The lowest BCUT2D eigenvalue weighted by Crippen LogP contribution is -2.38. The second-order valence-corrected chi connectivity index (χ2v) is 8.63. The van der Waals surface area contributed by atoms with Gasteiger partial charge in [-0.15, -0.1) is 22.6 Å². The first-order valence-electron chi connectivity index (χ1n) is 9.25. The minimum Gasteiger partial charge on any atom is -0.311 e. The minimum absolute atomic E-state index is 0. The lowest BCUT2D eigenvalue weighted by atomic mass is 9.92. The Balaban J connectivity index is 0.00000225. The Kier molecular flexibility index (Phi) is 6.31. The summed E-state index contributed by atoms with van der Waals surface area (Å²) in [5, 5.41) is 15.4. The van der Waals surface area contributed by atoms with Crippen LogP contribution in [0.2, 0.25) is 0 Å². The van der Waals surface area contributed by atoms with E-state index in [0.29, 0.717) is 35.5 Å². The van der Waals surface area contributed by atoms with E-state index in [2.05, 4.69) is 20.8 Å². The Morgan fingerprint density at radius 3 is 2.68 bits per heavy atom. The topological polar surface area (TPSA) is 66.9 Å². The van der Waals surface area contributed by atoms with Crippen LogP contribution in [0.5, 0.6) is 0 Å². The predicted octanol–water partition coefficient (Wildman–Crippen LogP) is 4.54. The molecule has 1 aromatic carbocycles. The van der Waals surface area contributed by atoms with E-state index in [1.54, 1.807) is 6.07 Å². The van der Waals surface area contributed by atoms with E-state index in [-0.39, 0.29) is 37.2 Å². The highest BCUT2D eigenvalue weighted by molar-refractivity contribution is 7.15. The van der Waals surface area contributed by atoms with Crippen LogP contribution < -0.4 is 10.6 Å². The van der Waals surface area contributed by atoms with Gasteiger partial charge in [-0.05, 0) is 43.9 Å². The van der Waals surface area contributed by atoms with Gasteiger partial charge in [0.05, 0.1) is 0 Å². The van der Waals surface area contributed by atoms with Gasteiger partial charge < -0.3 is 5.32 Å². The number of aromatic nitrogens is 2. The molecule has 5 nitrogen and oxygen atoms in total. The second kappa shape index (κ2) is 8.39. The van der Waals surface area contributed by atoms with E-state index in [1.807, 2.05) is 25.1 Å². The largest absolute Gasteiger partial charge is 0.311 e. The zero-order chi connectivity index (χ0) is 19.0. The van der Waals surface area contributed by atoms with Crippen LogP contribution >= 0.6 is 23.7 Å². The molecule has 2 atom stereocenters. The fourth-order valence-corrected chi connectivity index (χ4v) is 4.27. The van der Waals surface area contributed by atoms with Crippen LogP contribution in [0.1, 0.15) is 59.0 Å². The van der Waals surface area contributed by atoms with Crippen molar-refractivity contribution < 1.29 is 13.6 Å². The molecule has 0 spiro atoms. The van der Waals surface area contributed by atoms with Gasteiger partial charge in [0, 0.05) is 36.4 Å². The highest BCUT2D eigenvalue weighted by Crippen LogP contribution is 2.43. The highest BCUT2D eigenvalue weighted by atomic mass is 35.5. The molecule has 0 aliphatic heterocycles. The van der Waals surface area contributed by atoms with Crippen molar-refractivity contribution in [2.75, 3.05) is 5.32 Å². The van der Waals surface area contributed by atoms with Gasteiger partial charge in [-0.3, -0.25) is 10.1 Å². The van der Waals surface area contributed by atoms with Gasteiger partial charge in [0.15, 0.2) is 0 Å². The zero-order valence-electron chi connectivity index (χ0n) is 15.5. The number of halogens is 3. The van der Waals surface area contributed by atoms with Crippen LogP contribution in [0, 0.1) is 6.92 Å². The quantitative estimate of drug-likeness (QED) is 0.733. The molecule has 0 unspecified atom stereocenters. The third kappa shape index (κ3) is 5.04. The van der Waals surface area contributed by atoms with E-state index in [0.717, 1.165) is 17.0 Å². The first-order valence-corrected chi connectivity index (χ1v) is 10.1. The third-order valence-electron chi connectivity index (χ3n) is 5.28. The van der Waals surface area contributed by atoms with Crippen molar-refractivity contribution in [1.82, 2.24) is 15.5 Å². The molecule has 0 bridgehead atoms. The van der Waals surface area contributed by atoms with Crippen LogP contribution in [0.25, 0.3) is 0 Å². The summed E-state index contributed by atoms with van der Waals surface area (Å²) in [6.07, 6.45) is 1.99. The predicted molar refractivity (Wildman–Crippen MR) is 108 cm³/mol. The van der Waals surface area contributed by atoms with Gasteiger partial charge >= 0.3 is 0 Å². The van der Waals surface area contributed by atoms with E-state index < -0.39 is 5.92 Å². The second-order valence-electron chi connectivity index (χ2n) is 7.45. The van der Waals surface area contributed by atoms with Gasteiger partial charge in [0.2, 0.25) is 11.1 Å². The van der Waals surface area contributed by atoms with Gasteiger partial charge in [0.1, 0.15) is 5.01 Å². The lowest BCUT2D eigenvalue weighted by Gasteiger charge is -2.29. The molecular weight excluding hydrogens is 406 g/mol. The number of nitrogens with one attached hydrogen (secondary N) is 2. The number of rotatable bonds is 5. The van der Waals surface area contributed by atoms with Gasteiger partial charge in [-0.2, -0.15) is 0 Å². The minimum atomic E-state index is -2.49. The SMILES string of the molecule is Cc1nnc(NC(=O)c2cccc([C@@H]3C[C@H]3NC3CCC(F)(F)CC3)c2)s1.Cl. The van der Waals surface area contributed by atoms with Crippen molar-refractivity contribution in [3.63, 3.8) is 0 Å². The number of amides is 1. The molecule has 0 saturated heterocycles. The number of nitrogens with zero attached hydrogens (tertiary/aromatic N) is 2. The number of alkyl halides is 2. The summed E-state index contributed by atoms with van der Waals surface area (Å²) >= 11 is 1.34. The molecule has 1 aromatic heterocycles. The van der Waals surface area contributed by atoms with Crippen molar-refractivity contribution >= 4 is 34.8 Å². The third-order valence-corrected chi connectivity index (χ3v) is 6.03. The number of anilines is 1. The molecule has 2 aliphatic carbocycles. The van der Waals surface area contributed by atoms with Crippen molar-refractivity contribution in [3.8, 4) is 0 Å². The zero-order valence-corrected chi connectivity index (χ0v) is 17.1. The molecule has 2 N–H and O–H groups in total. The van der Waals surface area contributed by atoms with Crippen molar-refractivity contribution in [2.24, 2.45) is 0 Å². The number of hydrogen-bond donors (Lipinski definition) is 2. The van der Waals surface area contributed by atoms with E-state index in [1.165, 1.54) is 11.3 Å². The Bertz CT molecular complexity index is 837. The summed E-state index contributed by atoms with van der Waals surface area (Å²) in [4.78, 5) is 12.4. The van der Waals surface area contributed by atoms with E-state index in [9.17, 15) is 13.6 Å². The van der Waals surface area contributed by atoms with E-state index in [4.69, 9.17) is 0 Å². The maximum atomic E-state index is 13.3. The van der Waals surface area contributed by atoms with Gasteiger partial charge in [-0.25, -0.2) is 8.78 Å². The standard InChI is InChI=1S/C19H22F2N4OS.ClH/c1-11-24-25-18(27-11)23-17(26)13-4-2-3-12(9-13)15-10-16(15)22-14-5-7-19(20,21)8-6-14;/h2-4,9,14-16,22H,5-8,10H2,1H3,(H,23,25,26);1H/t15-,16+;/m0./s1. The molecule has 152 valence electrons. The van der Waals surface area contributed by atoms with Crippen LogP contribution in [0.15, 0.2) is 24.3 Å². The molecule has 9 heteroatoms. The number of hydrogen-bond acceptors (Lipinski definition) is 5. The van der Waals surface area contributed by atoms with Crippen molar-refractivity contribution in [2.45, 2.75) is 63.0 Å². The molecule has 2 saturated carbocycles. The highest BCUT2D eigenvalue weighted by Gasteiger charge is 2.42. The number of carbonyl (C=O) groups excluding carboxylic acids is 1. The maximum Gasteiger partial charge on any atom is 0.257 e. The first-order chi connectivity index (χ1) is 12.9. The fraction of sp³-hybridized carbons (Fsp3) is 0.526. The van der Waals surface area contributed by atoms with Crippen LogP contribution in [0.4, 0.5) is 13.9 Å². The molecule has 2 aromatic rings. The van der Waals surface area contributed by atoms with Gasteiger partial charge in [-0.1, -0.05) is 23.5 Å². The van der Waals surface area contributed by atoms with Crippen molar-refractivity contribution in [1.29, 1.82) is 0 Å². The molecule has 2 aliphatic rings. The Hall–Kier alpha value is -1.64. The van der Waals surface area contributed by atoms with Gasteiger partial charge in [0.25, 0.3) is 5.91 Å². The molecule has 0 radical (unpaired) electrons. The summed E-state index contributed by atoms with van der Waals surface area (Å²) < 4.78 is 26.6. The number of carbonyl (C=O) groups is 1. The van der Waals surface area contributed by atoms with Crippen LogP contribution in [-0.4, -0.2) is 34.1 Å². The molecular formula is C19H23ClF2N4OS. The molecule has 1 amide bonds. The maximum absolute atomic E-state index is 13.3. The molecule has 1 heterocycles. The lowest BCUT2D eigenvalue weighted by molar-refractivity contribution is -0.0405. The Morgan fingerprint density at radius 2 is 2.00 bits per heavy atom. The normalized spacial score (nSPS) is 23.7. The average molecular weight is 429 g/mol.